The predicted molar refractivity (Wildman–Crippen MR) is 135 cm³/mol. The Bertz CT molecular complexity index is 1430. The highest BCUT2D eigenvalue weighted by molar-refractivity contribution is 6.04. The first-order valence-corrected chi connectivity index (χ1v) is 11.3. The Balaban J connectivity index is 1.33. The molecule has 7 heteroatoms. The summed E-state index contributed by atoms with van der Waals surface area (Å²) < 4.78 is 1.27. The third kappa shape index (κ3) is 4.79. The molecule has 2 N–H and O–H groups in total. The Kier molecular flexibility index (Phi) is 6.30. The maximum absolute atomic E-state index is 13.3. The van der Waals surface area contributed by atoms with Gasteiger partial charge in [-0.3, -0.25) is 9.59 Å². The molecule has 5 rings (SSSR count). The van der Waals surface area contributed by atoms with Crippen LogP contribution in [-0.2, 0) is 4.79 Å². The van der Waals surface area contributed by atoms with Gasteiger partial charge in [-0.15, -0.1) is 5.10 Å². The van der Waals surface area contributed by atoms with Crippen molar-refractivity contribution in [2.75, 3.05) is 11.9 Å². The van der Waals surface area contributed by atoms with E-state index in [1.165, 1.54) is 4.68 Å². The summed E-state index contributed by atoms with van der Waals surface area (Å²) in [6, 6.07) is 33.7. The first-order valence-electron chi connectivity index (χ1n) is 11.3. The molecule has 35 heavy (non-hydrogen) atoms. The summed E-state index contributed by atoms with van der Waals surface area (Å²) in [7, 11) is 0. The molecule has 0 saturated heterocycles. The molecule has 0 fully saturated rings. The molecule has 0 bridgehead atoms. The number of amides is 1. The van der Waals surface area contributed by atoms with Crippen LogP contribution in [0.15, 0.2) is 109 Å². The number of anilines is 1. The minimum Gasteiger partial charge on any atom is -0.376 e. The van der Waals surface area contributed by atoms with E-state index in [1.807, 2.05) is 78.9 Å². The van der Waals surface area contributed by atoms with Crippen LogP contribution in [0, 0.1) is 0 Å². The van der Waals surface area contributed by atoms with E-state index in [2.05, 4.69) is 20.9 Å². The van der Waals surface area contributed by atoms with Gasteiger partial charge < -0.3 is 10.6 Å². The topological polar surface area (TPSA) is 88.9 Å². The molecule has 0 radical (unpaired) electrons. The van der Waals surface area contributed by atoms with Crippen LogP contribution in [-0.4, -0.2) is 33.4 Å². The second-order valence-corrected chi connectivity index (χ2v) is 8.02. The standard InChI is InChI=1S/C28H23N5O2/c34-26(30-27(20-11-3-1-4-12-20)21-13-5-2-6-14-21)19-29-23-16-8-7-15-22(23)28(35)33-25-18-10-9-17-24(25)31-32-33/h1-18,27,29H,19H2,(H,30,34). The largest absolute Gasteiger partial charge is 0.376 e. The van der Waals surface area contributed by atoms with E-state index >= 15 is 0 Å². The van der Waals surface area contributed by atoms with Gasteiger partial charge in [0.15, 0.2) is 0 Å². The SMILES string of the molecule is O=C(CNc1ccccc1C(=O)n1nnc2ccccc21)NC(c1ccccc1)c1ccccc1. The molecule has 0 aliphatic carbocycles. The normalized spacial score (nSPS) is 10.9. The zero-order valence-corrected chi connectivity index (χ0v) is 18.8. The number of aromatic nitrogens is 3. The predicted octanol–water partition coefficient (Wildman–Crippen LogP) is 4.44. The summed E-state index contributed by atoms with van der Waals surface area (Å²) in [6.45, 7) is -0.00142. The van der Waals surface area contributed by atoms with Crippen molar-refractivity contribution in [3.63, 3.8) is 0 Å². The molecule has 4 aromatic carbocycles. The highest BCUT2D eigenvalue weighted by Crippen LogP contribution is 2.22. The minimum atomic E-state index is -0.325. The number of hydrogen-bond donors (Lipinski definition) is 2. The number of nitrogens with zero attached hydrogens (tertiary/aromatic N) is 3. The fourth-order valence-corrected chi connectivity index (χ4v) is 3.99. The number of fused-ring (bicyclic) bond motifs is 1. The maximum Gasteiger partial charge on any atom is 0.282 e. The highest BCUT2D eigenvalue weighted by atomic mass is 16.2. The second kappa shape index (κ2) is 10.0. The van der Waals surface area contributed by atoms with E-state index in [-0.39, 0.29) is 24.4 Å². The van der Waals surface area contributed by atoms with Gasteiger partial charge in [-0.2, -0.15) is 4.68 Å². The Hall–Kier alpha value is -4.78. The van der Waals surface area contributed by atoms with E-state index in [0.717, 1.165) is 11.1 Å². The van der Waals surface area contributed by atoms with Crippen LogP contribution < -0.4 is 10.6 Å². The third-order valence-corrected chi connectivity index (χ3v) is 5.71. The highest BCUT2D eigenvalue weighted by Gasteiger charge is 2.19. The van der Waals surface area contributed by atoms with Crippen molar-refractivity contribution in [3.05, 3.63) is 126 Å². The number of nitrogens with one attached hydrogen (secondary N) is 2. The Morgan fingerprint density at radius 1 is 0.743 bits per heavy atom. The third-order valence-electron chi connectivity index (χ3n) is 5.71. The lowest BCUT2D eigenvalue weighted by Crippen LogP contribution is -2.34. The van der Waals surface area contributed by atoms with Gasteiger partial charge in [0.05, 0.1) is 23.7 Å². The molecule has 1 heterocycles. The molecule has 5 aromatic rings. The van der Waals surface area contributed by atoms with Gasteiger partial charge in [-0.25, -0.2) is 0 Å². The number of rotatable bonds is 7. The molecule has 0 aliphatic heterocycles. The summed E-state index contributed by atoms with van der Waals surface area (Å²) in [6.07, 6.45) is 0. The fourth-order valence-electron chi connectivity index (χ4n) is 3.99. The summed E-state index contributed by atoms with van der Waals surface area (Å²) in [5.41, 5.74) is 4.18. The number of benzene rings is 4. The zero-order valence-electron chi connectivity index (χ0n) is 18.8. The van der Waals surface area contributed by atoms with Crippen LogP contribution in [0.5, 0.6) is 0 Å². The molecule has 1 aromatic heterocycles. The van der Waals surface area contributed by atoms with Gasteiger partial charge in [0.1, 0.15) is 5.52 Å². The summed E-state index contributed by atoms with van der Waals surface area (Å²) in [5.74, 6) is -0.523. The zero-order chi connectivity index (χ0) is 24.0. The first-order chi connectivity index (χ1) is 17.2. The van der Waals surface area contributed by atoms with Crippen LogP contribution in [0.2, 0.25) is 0 Å². The van der Waals surface area contributed by atoms with Crippen molar-refractivity contribution in [1.82, 2.24) is 20.3 Å². The lowest BCUT2D eigenvalue weighted by Gasteiger charge is -2.20. The van der Waals surface area contributed by atoms with Crippen LogP contribution in [0.1, 0.15) is 27.5 Å². The van der Waals surface area contributed by atoms with Gasteiger partial charge in [-0.05, 0) is 35.4 Å². The monoisotopic (exact) mass is 461 g/mol. The molecule has 0 aliphatic rings. The van der Waals surface area contributed by atoms with E-state index in [9.17, 15) is 9.59 Å². The molecule has 0 saturated carbocycles. The minimum absolute atomic E-state index is 0.00142. The summed E-state index contributed by atoms with van der Waals surface area (Å²) in [4.78, 5) is 26.2. The quantitative estimate of drug-likeness (QED) is 0.374. The summed E-state index contributed by atoms with van der Waals surface area (Å²) in [5, 5.41) is 14.3. The number of carbonyl (C=O) groups is 2. The average molecular weight is 462 g/mol. The van der Waals surface area contributed by atoms with Gasteiger partial charge in [0.25, 0.3) is 5.91 Å². The Morgan fingerprint density at radius 3 is 2.06 bits per heavy atom. The number of para-hydroxylation sites is 2. The molecule has 7 nitrogen and oxygen atoms in total. The first kappa shape index (κ1) is 22.0. The van der Waals surface area contributed by atoms with Crippen LogP contribution >= 0.6 is 0 Å². The fraction of sp³-hybridized carbons (Fsp3) is 0.0714. The van der Waals surface area contributed by atoms with Crippen molar-refractivity contribution >= 4 is 28.5 Å². The lowest BCUT2D eigenvalue weighted by molar-refractivity contribution is -0.119. The molecule has 172 valence electrons. The summed E-state index contributed by atoms with van der Waals surface area (Å²) >= 11 is 0. The van der Waals surface area contributed by atoms with Crippen molar-refractivity contribution < 1.29 is 9.59 Å². The van der Waals surface area contributed by atoms with E-state index in [1.54, 1.807) is 30.3 Å². The molecule has 0 atom stereocenters. The van der Waals surface area contributed by atoms with Gasteiger partial charge in [0, 0.05) is 5.69 Å². The van der Waals surface area contributed by atoms with Gasteiger partial charge in [-0.1, -0.05) is 90.1 Å². The van der Waals surface area contributed by atoms with E-state index in [4.69, 9.17) is 0 Å². The van der Waals surface area contributed by atoms with Gasteiger partial charge >= 0.3 is 0 Å². The molecular weight excluding hydrogens is 438 g/mol. The smallest absolute Gasteiger partial charge is 0.282 e. The van der Waals surface area contributed by atoms with Gasteiger partial charge in [0.2, 0.25) is 5.91 Å². The van der Waals surface area contributed by atoms with Crippen molar-refractivity contribution in [2.24, 2.45) is 0 Å². The molecule has 0 spiro atoms. The number of carbonyl (C=O) groups excluding carboxylic acids is 2. The molecule has 1 amide bonds. The van der Waals surface area contributed by atoms with Crippen LogP contribution in [0.4, 0.5) is 5.69 Å². The number of hydrogen-bond acceptors (Lipinski definition) is 5. The van der Waals surface area contributed by atoms with E-state index in [0.29, 0.717) is 22.3 Å². The molecule has 0 unspecified atom stereocenters. The van der Waals surface area contributed by atoms with Crippen molar-refractivity contribution in [2.45, 2.75) is 6.04 Å². The lowest BCUT2D eigenvalue weighted by atomic mass is 9.99. The average Bonchev–Trinajstić information content (AvgIpc) is 3.35. The Morgan fingerprint density at radius 2 is 1.34 bits per heavy atom. The van der Waals surface area contributed by atoms with Crippen molar-refractivity contribution in [3.8, 4) is 0 Å². The Labute approximate surface area is 202 Å². The van der Waals surface area contributed by atoms with Crippen LogP contribution in [0.3, 0.4) is 0 Å². The second-order valence-electron chi connectivity index (χ2n) is 8.02. The van der Waals surface area contributed by atoms with E-state index < -0.39 is 0 Å². The molecular formula is C28H23N5O2. The maximum atomic E-state index is 13.3. The van der Waals surface area contributed by atoms with Crippen molar-refractivity contribution in [1.29, 1.82) is 0 Å². The van der Waals surface area contributed by atoms with Crippen LogP contribution in [0.25, 0.3) is 11.0 Å².